The molecule has 1 aliphatic heterocycles. The van der Waals surface area contributed by atoms with Crippen LogP contribution >= 0.6 is 0 Å². The Hall–Kier alpha value is -0.560. The van der Waals surface area contributed by atoms with Crippen LogP contribution in [0.4, 0.5) is 0 Å². The lowest BCUT2D eigenvalue weighted by Gasteiger charge is -2.32. The van der Waals surface area contributed by atoms with E-state index in [1.54, 1.807) is 0 Å². The van der Waals surface area contributed by atoms with Crippen molar-refractivity contribution in [3.63, 3.8) is 0 Å². The summed E-state index contributed by atoms with van der Waals surface area (Å²) in [6.07, 6.45) is 9.18. The van der Waals surface area contributed by atoms with Crippen LogP contribution in [-0.4, -0.2) is 24.0 Å². The standard InChI is InChI=1S/C11H19N/c1-3-8-11(4-2)12-9-6-5-7-10-12/h3-4,11H,1-2,5-10H2. The Morgan fingerprint density at radius 1 is 1.17 bits per heavy atom. The predicted molar refractivity (Wildman–Crippen MR) is 54.2 cm³/mol. The SMILES string of the molecule is C=CCC(C=C)N1CCCCC1. The number of likely N-dealkylation sites (tertiary alicyclic amines) is 1. The molecule has 0 spiro atoms. The first-order valence-corrected chi connectivity index (χ1v) is 4.86. The number of hydrogen-bond acceptors (Lipinski definition) is 1. The molecule has 0 aromatic carbocycles. The van der Waals surface area contributed by atoms with Crippen LogP contribution in [0.25, 0.3) is 0 Å². The highest BCUT2D eigenvalue weighted by molar-refractivity contribution is 4.93. The maximum atomic E-state index is 3.87. The lowest BCUT2D eigenvalue weighted by molar-refractivity contribution is 0.192. The summed E-state index contributed by atoms with van der Waals surface area (Å²) < 4.78 is 0. The van der Waals surface area contributed by atoms with Crippen molar-refractivity contribution < 1.29 is 0 Å². The molecule has 1 unspecified atom stereocenters. The highest BCUT2D eigenvalue weighted by Gasteiger charge is 2.15. The molecule has 1 nitrogen and oxygen atoms in total. The number of hydrogen-bond donors (Lipinski definition) is 0. The summed E-state index contributed by atoms with van der Waals surface area (Å²) in [5.41, 5.74) is 0. The molecular weight excluding hydrogens is 146 g/mol. The molecule has 1 atom stereocenters. The van der Waals surface area contributed by atoms with Crippen molar-refractivity contribution in [2.24, 2.45) is 0 Å². The van der Waals surface area contributed by atoms with Gasteiger partial charge in [-0.3, -0.25) is 4.90 Å². The summed E-state index contributed by atoms with van der Waals surface area (Å²) in [5.74, 6) is 0. The van der Waals surface area contributed by atoms with Gasteiger partial charge >= 0.3 is 0 Å². The van der Waals surface area contributed by atoms with Gasteiger partial charge < -0.3 is 0 Å². The van der Waals surface area contributed by atoms with Gasteiger partial charge in [0.1, 0.15) is 0 Å². The number of nitrogens with zero attached hydrogens (tertiary/aromatic N) is 1. The summed E-state index contributed by atoms with van der Waals surface area (Å²) in [6, 6.07) is 0.530. The molecule has 0 bridgehead atoms. The highest BCUT2D eigenvalue weighted by Crippen LogP contribution is 2.14. The fourth-order valence-corrected chi connectivity index (χ4v) is 1.82. The minimum atomic E-state index is 0.530. The fraction of sp³-hybridized carbons (Fsp3) is 0.636. The fourth-order valence-electron chi connectivity index (χ4n) is 1.82. The van der Waals surface area contributed by atoms with Crippen LogP contribution in [0.1, 0.15) is 25.7 Å². The Morgan fingerprint density at radius 3 is 2.33 bits per heavy atom. The van der Waals surface area contributed by atoms with E-state index in [1.807, 2.05) is 12.2 Å². The first kappa shape index (κ1) is 9.53. The van der Waals surface area contributed by atoms with E-state index in [9.17, 15) is 0 Å². The van der Waals surface area contributed by atoms with Crippen LogP contribution in [0.2, 0.25) is 0 Å². The lowest BCUT2D eigenvalue weighted by atomic mass is 10.1. The van der Waals surface area contributed by atoms with E-state index in [2.05, 4.69) is 18.1 Å². The normalized spacial score (nSPS) is 21.7. The Kier molecular flexibility index (Phi) is 4.09. The molecule has 0 aromatic rings. The maximum absolute atomic E-state index is 3.87. The molecule has 1 rings (SSSR count). The van der Waals surface area contributed by atoms with Crippen molar-refractivity contribution in [1.29, 1.82) is 0 Å². The van der Waals surface area contributed by atoms with Crippen molar-refractivity contribution in [2.75, 3.05) is 13.1 Å². The van der Waals surface area contributed by atoms with Crippen LogP contribution in [0.5, 0.6) is 0 Å². The molecular formula is C11H19N. The molecule has 1 heteroatoms. The van der Waals surface area contributed by atoms with Crippen molar-refractivity contribution in [2.45, 2.75) is 31.7 Å². The van der Waals surface area contributed by atoms with E-state index in [0.29, 0.717) is 6.04 Å². The summed E-state index contributed by atoms with van der Waals surface area (Å²) in [5, 5.41) is 0. The zero-order valence-corrected chi connectivity index (χ0v) is 7.84. The Labute approximate surface area is 75.8 Å². The minimum absolute atomic E-state index is 0.530. The third-order valence-corrected chi connectivity index (χ3v) is 2.54. The molecule has 0 radical (unpaired) electrons. The van der Waals surface area contributed by atoms with Gasteiger partial charge in [-0.1, -0.05) is 18.6 Å². The molecule has 1 heterocycles. The molecule has 1 fully saturated rings. The summed E-state index contributed by atoms with van der Waals surface area (Å²) in [7, 11) is 0. The lowest BCUT2D eigenvalue weighted by Crippen LogP contribution is -2.37. The maximum Gasteiger partial charge on any atom is 0.0309 e. The van der Waals surface area contributed by atoms with Gasteiger partial charge in [-0.05, 0) is 32.4 Å². The van der Waals surface area contributed by atoms with Crippen molar-refractivity contribution >= 4 is 0 Å². The van der Waals surface area contributed by atoms with E-state index in [4.69, 9.17) is 0 Å². The van der Waals surface area contributed by atoms with E-state index in [1.165, 1.54) is 32.4 Å². The molecule has 0 saturated carbocycles. The molecule has 0 amide bonds. The molecule has 0 aliphatic carbocycles. The summed E-state index contributed by atoms with van der Waals surface area (Å²) in [4.78, 5) is 2.51. The minimum Gasteiger partial charge on any atom is -0.297 e. The van der Waals surface area contributed by atoms with Crippen molar-refractivity contribution in [1.82, 2.24) is 4.90 Å². The number of rotatable bonds is 4. The van der Waals surface area contributed by atoms with Crippen molar-refractivity contribution in [3.8, 4) is 0 Å². The average Bonchev–Trinajstić information content (AvgIpc) is 2.15. The molecule has 1 saturated heterocycles. The second kappa shape index (κ2) is 5.15. The van der Waals surface area contributed by atoms with Gasteiger partial charge in [0, 0.05) is 6.04 Å². The monoisotopic (exact) mass is 165 g/mol. The number of piperidine rings is 1. The zero-order chi connectivity index (χ0) is 8.81. The quantitative estimate of drug-likeness (QED) is 0.579. The first-order valence-electron chi connectivity index (χ1n) is 4.86. The van der Waals surface area contributed by atoms with Crippen LogP contribution < -0.4 is 0 Å². The molecule has 1 aliphatic rings. The van der Waals surface area contributed by atoms with Gasteiger partial charge in [0.25, 0.3) is 0 Å². The third kappa shape index (κ3) is 2.49. The Balaban J connectivity index is 2.39. The van der Waals surface area contributed by atoms with Gasteiger partial charge in [-0.2, -0.15) is 0 Å². The third-order valence-electron chi connectivity index (χ3n) is 2.54. The van der Waals surface area contributed by atoms with E-state index < -0.39 is 0 Å². The van der Waals surface area contributed by atoms with E-state index >= 15 is 0 Å². The Bertz CT molecular complexity index is 145. The van der Waals surface area contributed by atoms with Gasteiger partial charge in [0.15, 0.2) is 0 Å². The molecule has 68 valence electrons. The molecule has 0 aromatic heterocycles. The highest BCUT2D eigenvalue weighted by atomic mass is 15.1. The van der Waals surface area contributed by atoms with Crippen LogP contribution in [0.15, 0.2) is 25.3 Å². The Morgan fingerprint density at radius 2 is 1.83 bits per heavy atom. The molecule has 12 heavy (non-hydrogen) atoms. The van der Waals surface area contributed by atoms with Crippen LogP contribution in [0, 0.1) is 0 Å². The predicted octanol–water partition coefficient (Wildman–Crippen LogP) is 2.60. The van der Waals surface area contributed by atoms with Gasteiger partial charge in [0.05, 0.1) is 0 Å². The second-order valence-corrected chi connectivity index (χ2v) is 3.42. The van der Waals surface area contributed by atoms with Crippen LogP contribution in [0.3, 0.4) is 0 Å². The van der Waals surface area contributed by atoms with Crippen molar-refractivity contribution in [3.05, 3.63) is 25.3 Å². The first-order chi connectivity index (χ1) is 5.88. The summed E-state index contributed by atoms with van der Waals surface area (Å²) >= 11 is 0. The van der Waals surface area contributed by atoms with Gasteiger partial charge in [-0.15, -0.1) is 13.2 Å². The smallest absolute Gasteiger partial charge is 0.0309 e. The van der Waals surface area contributed by atoms with Gasteiger partial charge in [0.2, 0.25) is 0 Å². The summed E-state index contributed by atoms with van der Waals surface area (Å²) in [6.45, 7) is 10.1. The second-order valence-electron chi connectivity index (χ2n) is 3.42. The van der Waals surface area contributed by atoms with E-state index in [0.717, 1.165) is 6.42 Å². The molecule has 0 N–H and O–H groups in total. The largest absolute Gasteiger partial charge is 0.297 e. The van der Waals surface area contributed by atoms with E-state index in [-0.39, 0.29) is 0 Å². The van der Waals surface area contributed by atoms with Gasteiger partial charge in [-0.25, -0.2) is 0 Å². The topological polar surface area (TPSA) is 3.24 Å². The van der Waals surface area contributed by atoms with Crippen LogP contribution in [-0.2, 0) is 0 Å². The average molecular weight is 165 g/mol. The zero-order valence-electron chi connectivity index (χ0n) is 7.84.